The van der Waals surface area contributed by atoms with Crippen LogP contribution in [0.25, 0.3) is 28.3 Å². The Morgan fingerprint density at radius 3 is 1.46 bits per heavy atom. The smallest absolute Gasteiger partial charge is 0.0852 e. The standard InChI is InChI=1S/C25H24O.C24H20/c1-16-14-23-17(8-7-13-22(23)25(16)26-2)15-24-20-11-5-3-9-18(20)19-10-4-6-12-21(19)24;1-16-13-17-7-6-8-18(23(17)14-16)15-24-21-11-4-2-9-19(21)20-10-3-5-12-22(20)24/h3-13,16,24-25H,14-15H2,1-2H3;2-13,24H,14-15H2,1H3. The van der Waals surface area contributed by atoms with Gasteiger partial charge in [-0.25, -0.2) is 0 Å². The minimum Gasteiger partial charge on any atom is -0.376 e. The van der Waals surface area contributed by atoms with Gasteiger partial charge in [-0.2, -0.15) is 0 Å². The number of hydrogen-bond donors (Lipinski definition) is 0. The Bertz CT molecular complexity index is 2180. The van der Waals surface area contributed by atoms with E-state index < -0.39 is 0 Å². The Hall–Kier alpha value is -4.98. The fourth-order valence-corrected chi connectivity index (χ4v) is 9.65. The number of allylic oxidation sites excluding steroid dienone is 1. The molecular weight excluding hydrogens is 605 g/mol. The molecule has 1 heteroatoms. The van der Waals surface area contributed by atoms with Gasteiger partial charge in [0.1, 0.15) is 0 Å². The van der Waals surface area contributed by atoms with Crippen LogP contribution in [0.15, 0.2) is 139 Å². The number of benzene rings is 6. The summed E-state index contributed by atoms with van der Waals surface area (Å²) in [7, 11) is 1.84. The lowest BCUT2D eigenvalue weighted by Crippen LogP contribution is -2.05. The molecule has 0 aliphatic heterocycles. The van der Waals surface area contributed by atoms with Crippen LogP contribution in [0, 0.1) is 5.92 Å². The predicted molar refractivity (Wildman–Crippen MR) is 208 cm³/mol. The van der Waals surface area contributed by atoms with Gasteiger partial charge in [0.05, 0.1) is 6.10 Å². The number of ether oxygens (including phenoxy) is 1. The molecule has 1 nitrogen and oxygen atoms in total. The summed E-state index contributed by atoms with van der Waals surface area (Å²) >= 11 is 0. The summed E-state index contributed by atoms with van der Waals surface area (Å²) in [6.07, 6.45) is 6.99. The highest BCUT2D eigenvalue weighted by Gasteiger charge is 2.34. The second kappa shape index (κ2) is 12.7. The molecule has 6 aromatic carbocycles. The van der Waals surface area contributed by atoms with E-state index in [4.69, 9.17) is 4.74 Å². The first-order valence-corrected chi connectivity index (χ1v) is 18.4. The van der Waals surface area contributed by atoms with Gasteiger partial charge in [-0.05, 0) is 116 Å². The second-order valence-electron chi connectivity index (χ2n) is 14.8. The van der Waals surface area contributed by atoms with Crippen molar-refractivity contribution in [1.82, 2.24) is 0 Å². The first-order valence-electron chi connectivity index (χ1n) is 18.4. The largest absolute Gasteiger partial charge is 0.376 e. The van der Waals surface area contributed by atoms with Crippen LogP contribution >= 0.6 is 0 Å². The van der Waals surface area contributed by atoms with E-state index in [2.05, 4.69) is 153 Å². The Morgan fingerprint density at radius 2 is 0.960 bits per heavy atom. The van der Waals surface area contributed by atoms with E-state index in [-0.39, 0.29) is 6.10 Å². The molecule has 6 aromatic rings. The summed E-state index contributed by atoms with van der Waals surface area (Å²) in [6, 6.07) is 49.3. The maximum atomic E-state index is 5.79. The van der Waals surface area contributed by atoms with Crippen molar-refractivity contribution in [3.05, 3.63) is 195 Å². The number of fused-ring (bicyclic) bond motifs is 8. The molecule has 0 heterocycles. The van der Waals surface area contributed by atoms with Gasteiger partial charge in [0.15, 0.2) is 0 Å². The zero-order valence-electron chi connectivity index (χ0n) is 29.3. The summed E-state index contributed by atoms with van der Waals surface area (Å²) in [5.74, 6) is 1.48. The summed E-state index contributed by atoms with van der Waals surface area (Å²) in [5.41, 5.74) is 21.9. The quantitative estimate of drug-likeness (QED) is 0.181. The van der Waals surface area contributed by atoms with Gasteiger partial charge in [-0.1, -0.05) is 152 Å². The van der Waals surface area contributed by atoms with E-state index in [9.17, 15) is 0 Å². The molecule has 2 atom stereocenters. The van der Waals surface area contributed by atoms with Crippen molar-refractivity contribution in [2.75, 3.05) is 7.11 Å². The van der Waals surface area contributed by atoms with E-state index in [0.29, 0.717) is 17.8 Å². The lowest BCUT2D eigenvalue weighted by molar-refractivity contribution is 0.0695. The van der Waals surface area contributed by atoms with E-state index in [1.807, 2.05) is 7.11 Å². The Balaban J connectivity index is 0.000000135. The molecule has 0 amide bonds. The maximum absolute atomic E-state index is 5.79. The normalized spacial score (nSPS) is 17.9. The van der Waals surface area contributed by atoms with E-state index >= 15 is 0 Å². The van der Waals surface area contributed by atoms with Crippen LogP contribution in [0.2, 0.25) is 0 Å². The van der Waals surface area contributed by atoms with Crippen LogP contribution in [0.5, 0.6) is 0 Å². The molecular formula is C49H44O. The van der Waals surface area contributed by atoms with Crippen molar-refractivity contribution < 1.29 is 4.74 Å². The monoisotopic (exact) mass is 648 g/mol. The Kier molecular flexibility index (Phi) is 7.90. The first kappa shape index (κ1) is 31.0. The Labute approximate surface area is 297 Å². The maximum Gasteiger partial charge on any atom is 0.0852 e. The highest BCUT2D eigenvalue weighted by Crippen LogP contribution is 2.49. The van der Waals surface area contributed by atoms with E-state index in [1.54, 1.807) is 0 Å². The summed E-state index contributed by atoms with van der Waals surface area (Å²) < 4.78 is 5.79. The fraction of sp³-hybridized carbons (Fsp3) is 0.224. The molecule has 4 aliphatic carbocycles. The van der Waals surface area contributed by atoms with Gasteiger partial charge in [0, 0.05) is 18.9 Å². The highest BCUT2D eigenvalue weighted by molar-refractivity contribution is 5.80. The third kappa shape index (κ3) is 5.19. The third-order valence-electron chi connectivity index (χ3n) is 11.9. The van der Waals surface area contributed by atoms with Gasteiger partial charge in [-0.3, -0.25) is 0 Å². The van der Waals surface area contributed by atoms with Crippen molar-refractivity contribution in [1.29, 1.82) is 0 Å². The van der Waals surface area contributed by atoms with Gasteiger partial charge in [0.2, 0.25) is 0 Å². The average molecular weight is 649 g/mol. The molecule has 0 spiro atoms. The van der Waals surface area contributed by atoms with E-state index in [1.165, 1.54) is 83.5 Å². The van der Waals surface area contributed by atoms with Crippen LogP contribution in [0.1, 0.15) is 87.4 Å². The predicted octanol–water partition coefficient (Wildman–Crippen LogP) is 11.9. The SMILES string of the molecule is CC1=Cc2cccc(CC3c4ccccc4-c4ccccc43)c2C1.COC1c2cccc(CC3c4ccccc4-c4ccccc43)c2CC1C. The van der Waals surface area contributed by atoms with Crippen LogP contribution in [0.4, 0.5) is 0 Å². The number of hydrogen-bond acceptors (Lipinski definition) is 1. The van der Waals surface area contributed by atoms with Gasteiger partial charge in [-0.15, -0.1) is 0 Å². The van der Waals surface area contributed by atoms with Crippen molar-refractivity contribution in [3.8, 4) is 22.3 Å². The van der Waals surface area contributed by atoms with Gasteiger partial charge >= 0.3 is 0 Å². The molecule has 0 N–H and O–H groups in total. The van der Waals surface area contributed by atoms with Crippen LogP contribution in [0.3, 0.4) is 0 Å². The fourth-order valence-electron chi connectivity index (χ4n) is 9.65. The molecule has 50 heavy (non-hydrogen) atoms. The zero-order valence-corrected chi connectivity index (χ0v) is 29.3. The molecule has 0 aromatic heterocycles. The highest BCUT2D eigenvalue weighted by atomic mass is 16.5. The topological polar surface area (TPSA) is 9.23 Å². The minimum atomic E-state index is 0.244. The lowest BCUT2D eigenvalue weighted by atomic mass is 9.87. The summed E-state index contributed by atoms with van der Waals surface area (Å²) in [5, 5.41) is 0. The zero-order chi connectivity index (χ0) is 33.8. The van der Waals surface area contributed by atoms with Gasteiger partial charge in [0.25, 0.3) is 0 Å². The van der Waals surface area contributed by atoms with E-state index in [0.717, 1.165) is 25.7 Å². The third-order valence-corrected chi connectivity index (χ3v) is 11.9. The molecule has 0 saturated carbocycles. The van der Waals surface area contributed by atoms with Crippen LogP contribution < -0.4 is 0 Å². The molecule has 2 unspecified atom stereocenters. The number of methoxy groups -OCH3 is 1. The average Bonchev–Trinajstić information content (AvgIpc) is 3.88. The van der Waals surface area contributed by atoms with Crippen molar-refractivity contribution in [3.63, 3.8) is 0 Å². The second-order valence-corrected chi connectivity index (χ2v) is 14.8. The summed E-state index contributed by atoms with van der Waals surface area (Å²) in [4.78, 5) is 0. The van der Waals surface area contributed by atoms with Crippen molar-refractivity contribution in [2.24, 2.45) is 5.92 Å². The van der Waals surface area contributed by atoms with Crippen molar-refractivity contribution in [2.45, 2.75) is 57.5 Å². The van der Waals surface area contributed by atoms with Crippen molar-refractivity contribution >= 4 is 6.08 Å². The molecule has 0 fully saturated rings. The lowest BCUT2D eigenvalue weighted by Gasteiger charge is -2.17. The van der Waals surface area contributed by atoms with Crippen LogP contribution in [-0.4, -0.2) is 7.11 Å². The number of rotatable bonds is 5. The summed E-state index contributed by atoms with van der Waals surface area (Å²) in [6.45, 7) is 4.54. The Morgan fingerprint density at radius 1 is 0.520 bits per heavy atom. The van der Waals surface area contributed by atoms with Crippen LogP contribution in [-0.2, 0) is 30.4 Å². The molecule has 4 aliphatic rings. The van der Waals surface area contributed by atoms with Gasteiger partial charge < -0.3 is 4.74 Å². The first-order chi connectivity index (χ1) is 24.6. The molecule has 0 saturated heterocycles. The molecule has 0 bridgehead atoms. The molecule has 0 radical (unpaired) electrons. The minimum absolute atomic E-state index is 0.244. The molecule has 246 valence electrons. The molecule has 10 rings (SSSR count).